The van der Waals surface area contributed by atoms with E-state index in [4.69, 9.17) is 5.11 Å². The minimum atomic E-state index is -4.55. The molecule has 1 aromatic rings. The Balaban J connectivity index is 3.51. The van der Waals surface area contributed by atoms with Gasteiger partial charge < -0.3 is 5.11 Å². The minimum absolute atomic E-state index is 0.0787. The molecule has 0 spiro atoms. The van der Waals surface area contributed by atoms with Crippen molar-refractivity contribution >= 4 is 5.97 Å². The average Bonchev–Trinajstić information content (AvgIpc) is 2.00. The summed E-state index contributed by atoms with van der Waals surface area (Å²) in [5.74, 6) is -1.46. The quantitative estimate of drug-likeness (QED) is 0.789. The molecule has 1 aromatic heterocycles. The molecule has 15 heavy (non-hydrogen) atoms. The van der Waals surface area contributed by atoms with E-state index in [1.54, 1.807) is 0 Å². The molecule has 0 fully saturated rings. The third-order valence-corrected chi connectivity index (χ3v) is 2.00. The van der Waals surface area contributed by atoms with Crippen molar-refractivity contribution in [3.8, 4) is 0 Å². The van der Waals surface area contributed by atoms with Crippen molar-refractivity contribution in [2.45, 2.75) is 20.0 Å². The fraction of sp³-hybridized carbons (Fsp3) is 0.333. The number of hydrogen-bond donors (Lipinski definition) is 1. The molecular weight excluding hydrogens is 211 g/mol. The van der Waals surface area contributed by atoms with Crippen LogP contribution in [0.5, 0.6) is 0 Å². The highest BCUT2D eigenvalue weighted by molar-refractivity contribution is 5.87. The zero-order chi connectivity index (χ0) is 11.8. The number of rotatable bonds is 1. The largest absolute Gasteiger partial charge is 0.477 e. The standard InChI is InChI=1S/C9H8F3NO2/c1-4-3-13-7(8(14)15)5(2)6(4)9(10,11)12/h3H,1-2H3,(H,14,15). The van der Waals surface area contributed by atoms with E-state index >= 15 is 0 Å². The molecule has 3 nitrogen and oxygen atoms in total. The maximum absolute atomic E-state index is 12.5. The first kappa shape index (κ1) is 11.5. The van der Waals surface area contributed by atoms with Gasteiger partial charge in [0.05, 0.1) is 5.56 Å². The van der Waals surface area contributed by atoms with Gasteiger partial charge >= 0.3 is 12.1 Å². The lowest BCUT2D eigenvalue weighted by Gasteiger charge is -2.14. The molecule has 0 atom stereocenters. The molecule has 0 aliphatic rings. The molecular formula is C9H8F3NO2. The monoisotopic (exact) mass is 219 g/mol. The van der Waals surface area contributed by atoms with Crippen LogP contribution in [0.25, 0.3) is 0 Å². The van der Waals surface area contributed by atoms with Gasteiger partial charge in [0, 0.05) is 6.20 Å². The first-order chi connectivity index (χ1) is 6.75. The number of carboxylic acid groups (broad SMARTS) is 1. The molecule has 82 valence electrons. The average molecular weight is 219 g/mol. The summed E-state index contributed by atoms with van der Waals surface area (Å²) in [6.45, 7) is 2.35. The summed E-state index contributed by atoms with van der Waals surface area (Å²) in [6, 6.07) is 0. The number of alkyl halides is 3. The van der Waals surface area contributed by atoms with Gasteiger partial charge in [0.15, 0.2) is 5.69 Å². The van der Waals surface area contributed by atoms with Gasteiger partial charge in [0.25, 0.3) is 0 Å². The number of aromatic carboxylic acids is 1. The van der Waals surface area contributed by atoms with Crippen molar-refractivity contribution in [1.82, 2.24) is 4.98 Å². The Kier molecular flexibility index (Phi) is 2.70. The summed E-state index contributed by atoms with van der Waals surface area (Å²) in [6.07, 6.45) is -3.64. The van der Waals surface area contributed by atoms with Gasteiger partial charge in [-0.1, -0.05) is 0 Å². The zero-order valence-corrected chi connectivity index (χ0v) is 8.01. The van der Waals surface area contributed by atoms with Crippen LogP contribution >= 0.6 is 0 Å². The third kappa shape index (κ3) is 2.08. The van der Waals surface area contributed by atoms with Gasteiger partial charge in [-0.2, -0.15) is 13.2 Å². The molecule has 0 saturated carbocycles. The van der Waals surface area contributed by atoms with Crippen LogP contribution in [0.1, 0.15) is 27.2 Å². The molecule has 0 saturated heterocycles. The van der Waals surface area contributed by atoms with Crippen LogP contribution in [-0.2, 0) is 6.18 Å². The second kappa shape index (κ2) is 3.52. The fourth-order valence-corrected chi connectivity index (χ4v) is 1.39. The van der Waals surface area contributed by atoms with Gasteiger partial charge in [0.2, 0.25) is 0 Å². The van der Waals surface area contributed by atoms with E-state index in [2.05, 4.69) is 4.98 Å². The summed E-state index contributed by atoms with van der Waals surface area (Å²) in [4.78, 5) is 14.0. The molecule has 0 aliphatic carbocycles. The first-order valence-corrected chi connectivity index (χ1v) is 4.02. The smallest absolute Gasteiger partial charge is 0.417 e. The topological polar surface area (TPSA) is 50.2 Å². The van der Waals surface area contributed by atoms with E-state index < -0.39 is 23.4 Å². The molecule has 1 N–H and O–H groups in total. The van der Waals surface area contributed by atoms with Crippen LogP contribution in [0.15, 0.2) is 6.20 Å². The molecule has 0 unspecified atom stereocenters. The van der Waals surface area contributed by atoms with Crippen molar-refractivity contribution in [2.75, 3.05) is 0 Å². The van der Waals surface area contributed by atoms with E-state index in [0.717, 1.165) is 13.1 Å². The Morgan fingerprint density at radius 1 is 1.40 bits per heavy atom. The van der Waals surface area contributed by atoms with E-state index in [-0.39, 0.29) is 11.1 Å². The lowest BCUT2D eigenvalue weighted by molar-refractivity contribution is -0.138. The number of aromatic nitrogens is 1. The Morgan fingerprint density at radius 3 is 2.33 bits per heavy atom. The SMILES string of the molecule is Cc1cnc(C(=O)O)c(C)c1C(F)(F)F. The number of pyridine rings is 1. The lowest BCUT2D eigenvalue weighted by atomic mass is 10.0. The third-order valence-electron chi connectivity index (χ3n) is 2.00. The Hall–Kier alpha value is -1.59. The zero-order valence-electron chi connectivity index (χ0n) is 8.01. The van der Waals surface area contributed by atoms with Crippen molar-refractivity contribution in [3.63, 3.8) is 0 Å². The molecule has 0 aliphatic heterocycles. The summed E-state index contributed by atoms with van der Waals surface area (Å²) in [5.41, 5.74) is -1.91. The molecule has 0 aromatic carbocycles. The van der Waals surface area contributed by atoms with Gasteiger partial charge in [-0.05, 0) is 25.0 Å². The van der Waals surface area contributed by atoms with Crippen molar-refractivity contribution < 1.29 is 23.1 Å². The second-order valence-corrected chi connectivity index (χ2v) is 3.09. The number of hydrogen-bond acceptors (Lipinski definition) is 2. The maximum Gasteiger partial charge on any atom is 0.417 e. The van der Waals surface area contributed by atoms with Crippen molar-refractivity contribution in [1.29, 1.82) is 0 Å². The minimum Gasteiger partial charge on any atom is -0.477 e. The summed E-state index contributed by atoms with van der Waals surface area (Å²) >= 11 is 0. The van der Waals surface area contributed by atoms with Crippen molar-refractivity contribution in [2.24, 2.45) is 0 Å². The number of aryl methyl sites for hydroxylation is 1. The Bertz CT molecular complexity index is 413. The Morgan fingerprint density at radius 2 is 1.93 bits per heavy atom. The van der Waals surface area contributed by atoms with E-state index in [1.807, 2.05) is 0 Å². The lowest BCUT2D eigenvalue weighted by Crippen LogP contribution is -2.15. The fourth-order valence-electron chi connectivity index (χ4n) is 1.39. The van der Waals surface area contributed by atoms with Crippen molar-refractivity contribution in [3.05, 3.63) is 28.6 Å². The van der Waals surface area contributed by atoms with Crippen LogP contribution < -0.4 is 0 Å². The highest BCUT2D eigenvalue weighted by Gasteiger charge is 2.36. The molecule has 1 heterocycles. The van der Waals surface area contributed by atoms with E-state index in [9.17, 15) is 18.0 Å². The number of carboxylic acids is 1. The number of halogens is 3. The van der Waals surface area contributed by atoms with Crippen LogP contribution in [0.4, 0.5) is 13.2 Å². The van der Waals surface area contributed by atoms with Crippen LogP contribution in [0, 0.1) is 13.8 Å². The summed E-state index contributed by atoms with van der Waals surface area (Å²) in [5, 5.41) is 8.62. The predicted molar refractivity (Wildman–Crippen MR) is 45.7 cm³/mol. The van der Waals surface area contributed by atoms with Gasteiger partial charge in [0.1, 0.15) is 0 Å². The second-order valence-electron chi connectivity index (χ2n) is 3.09. The van der Waals surface area contributed by atoms with Gasteiger partial charge in [-0.25, -0.2) is 9.78 Å². The van der Waals surface area contributed by atoms with E-state index in [1.165, 1.54) is 6.92 Å². The molecule has 0 bridgehead atoms. The number of nitrogens with zero attached hydrogens (tertiary/aromatic N) is 1. The van der Waals surface area contributed by atoms with Crippen LogP contribution in [0.3, 0.4) is 0 Å². The molecule has 6 heteroatoms. The highest BCUT2D eigenvalue weighted by atomic mass is 19.4. The molecule has 0 amide bonds. The molecule has 0 radical (unpaired) electrons. The van der Waals surface area contributed by atoms with Gasteiger partial charge in [-0.3, -0.25) is 0 Å². The Labute approximate surface area is 83.6 Å². The van der Waals surface area contributed by atoms with Gasteiger partial charge in [-0.15, -0.1) is 0 Å². The van der Waals surface area contributed by atoms with Crippen LogP contribution in [-0.4, -0.2) is 16.1 Å². The number of carbonyl (C=O) groups is 1. The van der Waals surface area contributed by atoms with Crippen LogP contribution in [0.2, 0.25) is 0 Å². The van der Waals surface area contributed by atoms with E-state index in [0.29, 0.717) is 0 Å². The predicted octanol–water partition coefficient (Wildman–Crippen LogP) is 2.42. The summed E-state index contributed by atoms with van der Waals surface area (Å²) in [7, 11) is 0. The first-order valence-electron chi connectivity index (χ1n) is 4.02. The maximum atomic E-state index is 12.5. The normalized spacial score (nSPS) is 11.5. The highest BCUT2D eigenvalue weighted by Crippen LogP contribution is 2.34. The summed E-state index contributed by atoms with van der Waals surface area (Å²) < 4.78 is 37.6. The molecule has 1 rings (SSSR count).